The first-order valence-corrected chi connectivity index (χ1v) is 6.09. The van der Waals surface area contributed by atoms with Gasteiger partial charge in [0, 0.05) is 0 Å². The molecule has 1 saturated carbocycles. The van der Waals surface area contributed by atoms with Crippen molar-refractivity contribution >= 4 is 0 Å². The van der Waals surface area contributed by atoms with Crippen LogP contribution in [0.3, 0.4) is 0 Å². The van der Waals surface area contributed by atoms with Crippen molar-refractivity contribution in [3.63, 3.8) is 0 Å². The molecule has 0 aromatic rings. The molecular formula is C14H20O. The minimum Gasteiger partial charge on any atom is -0.388 e. The Morgan fingerprint density at radius 1 is 1.13 bits per heavy atom. The number of aliphatic hydroxyl groups excluding tert-OH is 1. The standard InChI is InChI=1S/C14H20O/c15-14(13-10-6-3-7-11-13)12-8-4-1-2-5-9-12/h1-2,4,8-9,13-15H,3,5-7,10-11H2/t14-/m1/s1. The quantitative estimate of drug-likeness (QED) is 0.731. The monoisotopic (exact) mass is 204 g/mol. The van der Waals surface area contributed by atoms with Gasteiger partial charge in [-0.1, -0.05) is 49.6 Å². The molecule has 1 fully saturated rings. The lowest BCUT2D eigenvalue weighted by Gasteiger charge is -2.27. The highest BCUT2D eigenvalue weighted by Gasteiger charge is 2.23. The maximum absolute atomic E-state index is 10.3. The van der Waals surface area contributed by atoms with E-state index in [1.165, 1.54) is 32.1 Å². The summed E-state index contributed by atoms with van der Waals surface area (Å²) in [6, 6.07) is 0. The summed E-state index contributed by atoms with van der Waals surface area (Å²) in [5.74, 6) is 0.493. The molecule has 0 spiro atoms. The third-order valence-electron chi connectivity index (χ3n) is 3.46. The SMILES string of the molecule is O[C@H](C1=CCC=CC=C1)C1CCCCC1. The van der Waals surface area contributed by atoms with Gasteiger partial charge in [0.25, 0.3) is 0 Å². The van der Waals surface area contributed by atoms with Crippen LogP contribution < -0.4 is 0 Å². The Morgan fingerprint density at radius 3 is 2.73 bits per heavy atom. The lowest BCUT2D eigenvalue weighted by atomic mass is 9.82. The molecule has 0 heterocycles. The Labute approximate surface area is 92.2 Å². The molecule has 0 radical (unpaired) electrons. The maximum atomic E-state index is 10.3. The van der Waals surface area contributed by atoms with Gasteiger partial charge in [-0.05, 0) is 30.8 Å². The normalized spacial score (nSPS) is 24.7. The predicted molar refractivity (Wildman–Crippen MR) is 63.6 cm³/mol. The molecule has 0 amide bonds. The second-order valence-electron chi connectivity index (χ2n) is 4.57. The van der Waals surface area contributed by atoms with Crippen LogP contribution in [0.2, 0.25) is 0 Å². The van der Waals surface area contributed by atoms with Crippen LogP contribution in [-0.2, 0) is 0 Å². The maximum Gasteiger partial charge on any atom is 0.0815 e. The zero-order valence-corrected chi connectivity index (χ0v) is 9.23. The summed E-state index contributed by atoms with van der Waals surface area (Å²) in [4.78, 5) is 0. The highest BCUT2D eigenvalue weighted by molar-refractivity contribution is 5.29. The van der Waals surface area contributed by atoms with Crippen LogP contribution in [0.4, 0.5) is 0 Å². The Hall–Kier alpha value is -0.820. The molecular weight excluding hydrogens is 184 g/mol. The van der Waals surface area contributed by atoms with Crippen molar-refractivity contribution in [2.45, 2.75) is 44.6 Å². The van der Waals surface area contributed by atoms with Crippen LogP contribution in [-0.4, -0.2) is 11.2 Å². The molecule has 0 unspecified atom stereocenters. The highest BCUT2D eigenvalue weighted by atomic mass is 16.3. The Morgan fingerprint density at radius 2 is 1.93 bits per heavy atom. The molecule has 82 valence electrons. The average molecular weight is 204 g/mol. The fourth-order valence-electron chi connectivity index (χ4n) is 2.54. The summed E-state index contributed by atoms with van der Waals surface area (Å²) >= 11 is 0. The van der Waals surface area contributed by atoms with Gasteiger partial charge in [-0.2, -0.15) is 0 Å². The van der Waals surface area contributed by atoms with E-state index in [0.29, 0.717) is 5.92 Å². The second kappa shape index (κ2) is 5.32. The van der Waals surface area contributed by atoms with E-state index in [2.05, 4.69) is 24.3 Å². The molecule has 1 nitrogen and oxygen atoms in total. The van der Waals surface area contributed by atoms with Gasteiger partial charge in [0.15, 0.2) is 0 Å². The smallest absolute Gasteiger partial charge is 0.0815 e. The van der Waals surface area contributed by atoms with Crippen LogP contribution in [0.25, 0.3) is 0 Å². The van der Waals surface area contributed by atoms with Crippen LogP contribution in [0.1, 0.15) is 38.5 Å². The zero-order chi connectivity index (χ0) is 10.5. The molecule has 0 aromatic carbocycles. The molecule has 2 aliphatic rings. The van der Waals surface area contributed by atoms with Crippen LogP contribution >= 0.6 is 0 Å². The highest BCUT2D eigenvalue weighted by Crippen LogP contribution is 2.30. The first-order valence-electron chi connectivity index (χ1n) is 6.09. The van der Waals surface area contributed by atoms with Gasteiger partial charge in [-0.25, -0.2) is 0 Å². The van der Waals surface area contributed by atoms with Crippen molar-refractivity contribution in [3.8, 4) is 0 Å². The molecule has 15 heavy (non-hydrogen) atoms. The summed E-state index contributed by atoms with van der Waals surface area (Å²) in [6.45, 7) is 0. The minimum absolute atomic E-state index is 0.235. The first kappa shape index (κ1) is 10.7. The van der Waals surface area contributed by atoms with E-state index < -0.39 is 0 Å². The van der Waals surface area contributed by atoms with E-state index in [0.717, 1.165) is 12.0 Å². The minimum atomic E-state index is -0.235. The van der Waals surface area contributed by atoms with Crippen molar-refractivity contribution in [3.05, 3.63) is 36.0 Å². The molecule has 2 rings (SSSR count). The van der Waals surface area contributed by atoms with Crippen molar-refractivity contribution < 1.29 is 5.11 Å². The van der Waals surface area contributed by atoms with Gasteiger partial charge in [-0.3, -0.25) is 0 Å². The van der Waals surface area contributed by atoms with Gasteiger partial charge >= 0.3 is 0 Å². The largest absolute Gasteiger partial charge is 0.388 e. The fourth-order valence-corrected chi connectivity index (χ4v) is 2.54. The number of hydrogen-bond acceptors (Lipinski definition) is 1. The Balaban J connectivity index is 1.99. The molecule has 0 bridgehead atoms. The average Bonchev–Trinajstić information content (AvgIpc) is 2.58. The number of rotatable bonds is 2. The Kier molecular flexibility index (Phi) is 3.79. The van der Waals surface area contributed by atoms with Crippen LogP contribution in [0, 0.1) is 5.92 Å². The van der Waals surface area contributed by atoms with E-state index in [1.54, 1.807) is 0 Å². The number of hydrogen-bond donors (Lipinski definition) is 1. The molecule has 1 atom stereocenters. The van der Waals surface area contributed by atoms with Crippen LogP contribution in [0.15, 0.2) is 36.0 Å². The lowest BCUT2D eigenvalue weighted by Crippen LogP contribution is -2.24. The summed E-state index contributed by atoms with van der Waals surface area (Å²) in [7, 11) is 0. The second-order valence-corrected chi connectivity index (χ2v) is 4.57. The third kappa shape index (κ3) is 2.82. The van der Waals surface area contributed by atoms with Gasteiger partial charge in [-0.15, -0.1) is 0 Å². The van der Waals surface area contributed by atoms with E-state index >= 15 is 0 Å². The molecule has 1 heteroatoms. The van der Waals surface area contributed by atoms with E-state index in [9.17, 15) is 5.11 Å². The van der Waals surface area contributed by atoms with Crippen LogP contribution in [0.5, 0.6) is 0 Å². The summed E-state index contributed by atoms with van der Waals surface area (Å²) in [5.41, 5.74) is 1.12. The topological polar surface area (TPSA) is 20.2 Å². The van der Waals surface area contributed by atoms with E-state index in [1.807, 2.05) is 6.08 Å². The van der Waals surface area contributed by atoms with Gasteiger partial charge < -0.3 is 5.11 Å². The molecule has 2 aliphatic carbocycles. The van der Waals surface area contributed by atoms with E-state index in [4.69, 9.17) is 0 Å². The Bertz CT molecular complexity index is 280. The van der Waals surface area contributed by atoms with Gasteiger partial charge in [0.1, 0.15) is 0 Å². The fraction of sp³-hybridized carbons (Fsp3) is 0.571. The molecule has 0 aliphatic heterocycles. The van der Waals surface area contributed by atoms with Crippen molar-refractivity contribution in [1.29, 1.82) is 0 Å². The zero-order valence-electron chi connectivity index (χ0n) is 9.23. The van der Waals surface area contributed by atoms with E-state index in [-0.39, 0.29) is 6.10 Å². The number of allylic oxidation sites excluding steroid dienone is 4. The lowest BCUT2D eigenvalue weighted by molar-refractivity contribution is 0.118. The molecule has 1 N–H and O–H groups in total. The van der Waals surface area contributed by atoms with Crippen molar-refractivity contribution in [2.75, 3.05) is 0 Å². The van der Waals surface area contributed by atoms with Crippen molar-refractivity contribution in [1.82, 2.24) is 0 Å². The van der Waals surface area contributed by atoms with Crippen molar-refractivity contribution in [2.24, 2.45) is 5.92 Å². The van der Waals surface area contributed by atoms with Gasteiger partial charge in [0.05, 0.1) is 6.10 Å². The molecule has 0 aromatic heterocycles. The number of aliphatic hydroxyl groups is 1. The summed E-state index contributed by atoms with van der Waals surface area (Å²) in [5, 5.41) is 10.3. The molecule has 0 saturated heterocycles. The summed E-state index contributed by atoms with van der Waals surface area (Å²) < 4.78 is 0. The third-order valence-corrected chi connectivity index (χ3v) is 3.46. The first-order chi connectivity index (χ1) is 7.38. The predicted octanol–water partition coefficient (Wildman–Crippen LogP) is 3.37. The summed E-state index contributed by atoms with van der Waals surface area (Å²) in [6.07, 6.45) is 17.4. The van der Waals surface area contributed by atoms with Gasteiger partial charge in [0.2, 0.25) is 0 Å².